The third kappa shape index (κ3) is 4.18. The first-order chi connectivity index (χ1) is 7.13. The average Bonchev–Trinajstić information content (AvgIpc) is 2.63. The molecule has 3 nitrogen and oxygen atoms in total. The third-order valence-corrected chi connectivity index (χ3v) is 3.27. The first-order valence-corrected chi connectivity index (χ1v) is 6.13. The Morgan fingerprint density at radius 3 is 2.80 bits per heavy atom. The molecule has 0 bridgehead atoms. The van der Waals surface area contributed by atoms with Crippen molar-refractivity contribution in [3.05, 3.63) is 11.1 Å². The van der Waals surface area contributed by atoms with Gasteiger partial charge in [0.2, 0.25) is 0 Å². The first kappa shape index (κ1) is 12.5. The van der Waals surface area contributed by atoms with Gasteiger partial charge in [-0.25, -0.2) is 4.98 Å². The SMILES string of the molecule is COCC(C)c1cnc(NCC(C)C)s1. The van der Waals surface area contributed by atoms with Gasteiger partial charge >= 0.3 is 0 Å². The number of rotatable bonds is 6. The molecule has 0 spiro atoms. The lowest BCUT2D eigenvalue weighted by atomic mass is 10.2. The second kappa shape index (κ2) is 6.08. The maximum Gasteiger partial charge on any atom is 0.182 e. The van der Waals surface area contributed by atoms with Crippen molar-refractivity contribution in [2.45, 2.75) is 26.7 Å². The van der Waals surface area contributed by atoms with Gasteiger partial charge in [0.25, 0.3) is 0 Å². The number of aromatic nitrogens is 1. The van der Waals surface area contributed by atoms with Gasteiger partial charge in [-0.05, 0) is 5.92 Å². The highest BCUT2D eigenvalue weighted by Gasteiger charge is 2.09. The van der Waals surface area contributed by atoms with E-state index in [4.69, 9.17) is 4.74 Å². The van der Waals surface area contributed by atoms with E-state index in [9.17, 15) is 0 Å². The smallest absolute Gasteiger partial charge is 0.182 e. The van der Waals surface area contributed by atoms with E-state index in [-0.39, 0.29) is 0 Å². The topological polar surface area (TPSA) is 34.1 Å². The number of nitrogens with zero attached hydrogens (tertiary/aromatic N) is 1. The van der Waals surface area contributed by atoms with Crippen molar-refractivity contribution in [3.63, 3.8) is 0 Å². The Labute approximate surface area is 95.9 Å². The molecule has 0 aliphatic carbocycles. The van der Waals surface area contributed by atoms with E-state index < -0.39 is 0 Å². The van der Waals surface area contributed by atoms with Gasteiger partial charge in [-0.3, -0.25) is 0 Å². The van der Waals surface area contributed by atoms with Gasteiger partial charge < -0.3 is 10.1 Å². The fourth-order valence-electron chi connectivity index (χ4n) is 1.22. The van der Waals surface area contributed by atoms with E-state index in [1.165, 1.54) is 4.88 Å². The van der Waals surface area contributed by atoms with Crippen LogP contribution >= 0.6 is 11.3 Å². The molecule has 4 heteroatoms. The number of hydrogen-bond donors (Lipinski definition) is 1. The van der Waals surface area contributed by atoms with Crippen LogP contribution in [-0.4, -0.2) is 25.2 Å². The summed E-state index contributed by atoms with van der Waals surface area (Å²) < 4.78 is 5.12. The maximum absolute atomic E-state index is 5.12. The summed E-state index contributed by atoms with van der Waals surface area (Å²) >= 11 is 1.72. The van der Waals surface area contributed by atoms with Crippen LogP contribution in [0.4, 0.5) is 5.13 Å². The van der Waals surface area contributed by atoms with E-state index >= 15 is 0 Å². The number of thiazole rings is 1. The van der Waals surface area contributed by atoms with Crippen molar-refractivity contribution in [2.75, 3.05) is 25.6 Å². The Balaban J connectivity index is 2.48. The van der Waals surface area contributed by atoms with Gasteiger partial charge in [0.15, 0.2) is 5.13 Å². The molecule has 0 aromatic carbocycles. The zero-order chi connectivity index (χ0) is 11.3. The molecule has 1 aromatic rings. The molecule has 1 unspecified atom stereocenters. The second-order valence-electron chi connectivity index (χ2n) is 4.20. The standard InChI is InChI=1S/C11H20N2OS/c1-8(2)5-12-11-13-6-10(15-11)9(3)7-14-4/h6,8-9H,5,7H2,1-4H3,(H,12,13). The molecule has 1 atom stereocenters. The van der Waals surface area contributed by atoms with Crippen LogP contribution in [0.25, 0.3) is 0 Å². The van der Waals surface area contributed by atoms with Gasteiger partial charge in [0.1, 0.15) is 0 Å². The summed E-state index contributed by atoms with van der Waals surface area (Å²) in [5, 5.41) is 4.34. The Hall–Kier alpha value is -0.610. The number of nitrogens with one attached hydrogen (secondary N) is 1. The molecule has 0 radical (unpaired) electrons. The number of anilines is 1. The zero-order valence-electron chi connectivity index (χ0n) is 9.91. The average molecular weight is 228 g/mol. The summed E-state index contributed by atoms with van der Waals surface area (Å²) in [5.41, 5.74) is 0. The predicted octanol–water partition coefficient (Wildman–Crippen LogP) is 2.96. The minimum Gasteiger partial charge on any atom is -0.384 e. The summed E-state index contributed by atoms with van der Waals surface area (Å²) in [7, 11) is 1.73. The molecule has 0 aliphatic heterocycles. The van der Waals surface area contributed by atoms with Gasteiger partial charge in [0.05, 0.1) is 6.61 Å². The Kier molecular flexibility index (Phi) is 5.05. The van der Waals surface area contributed by atoms with E-state index in [0.29, 0.717) is 11.8 Å². The second-order valence-corrected chi connectivity index (χ2v) is 5.26. The van der Waals surface area contributed by atoms with Crippen molar-refractivity contribution >= 4 is 16.5 Å². The summed E-state index contributed by atoms with van der Waals surface area (Å²) in [4.78, 5) is 5.62. The molecule has 15 heavy (non-hydrogen) atoms. The minimum atomic E-state index is 0.432. The van der Waals surface area contributed by atoms with Crippen LogP contribution in [0.15, 0.2) is 6.20 Å². The van der Waals surface area contributed by atoms with Crippen LogP contribution in [0.3, 0.4) is 0 Å². The monoisotopic (exact) mass is 228 g/mol. The molecule has 0 fully saturated rings. The minimum absolute atomic E-state index is 0.432. The lowest BCUT2D eigenvalue weighted by molar-refractivity contribution is 0.185. The van der Waals surface area contributed by atoms with Crippen LogP contribution in [0, 0.1) is 5.92 Å². The maximum atomic E-state index is 5.12. The summed E-state index contributed by atoms with van der Waals surface area (Å²) in [6.45, 7) is 8.27. The molecule has 1 heterocycles. The molecule has 0 saturated carbocycles. The van der Waals surface area contributed by atoms with Crippen molar-refractivity contribution in [3.8, 4) is 0 Å². The molecular formula is C11H20N2OS. The molecule has 1 rings (SSSR count). The Morgan fingerprint density at radius 1 is 1.47 bits per heavy atom. The molecule has 1 N–H and O–H groups in total. The van der Waals surface area contributed by atoms with Crippen molar-refractivity contribution in [1.82, 2.24) is 4.98 Å². The van der Waals surface area contributed by atoms with Crippen molar-refractivity contribution in [1.29, 1.82) is 0 Å². The van der Waals surface area contributed by atoms with E-state index in [1.54, 1.807) is 18.4 Å². The van der Waals surface area contributed by atoms with Gasteiger partial charge in [0, 0.05) is 30.6 Å². The largest absolute Gasteiger partial charge is 0.384 e. The summed E-state index contributed by atoms with van der Waals surface area (Å²) in [6.07, 6.45) is 1.94. The number of ether oxygens (including phenoxy) is 1. The van der Waals surface area contributed by atoms with Crippen molar-refractivity contribution < 1.29 is 4.74 Å². The van der Waals surface area contributed by atoms with Crippen LogP contribution in [0.2, 0.25) is 0 Å². The van der Waals surface area contributed by atoms with Crippen LogP contribution in [-0.2, 0) is 4.74 Å². The highest BCUT2D eigenvalue weighted by Crippen LogP contribution is 2.25. The van der Waals surface area contributed by atoms with Gasteiger partial charge in [-0.1, -0.05) is 20.8 Å². The van der Waals surface area contributed by atoms with Crippen LogP contribution in [0.5, 0.6) is 0 Å². The summed E-state index contributed by atoms with van der Waals surface area (Å²) in [6, 6.07) is 0. The molecular weight excluding hydrogens is 208 g/mol. The highest BCUT2D eigenvalue weighted by molar-refractivity contribution is 7.15. The number of methoxy groups -OCH3 is 1. The molecule has 0 amide bonds. The number of hydrogen-bond acceptors (Lipinski definition) is 4. The van der Waals surface area contributed by atoms with E-state index in [2.05, 4.69) is 31.1 Å². The predicted molar refractivity (Wildman–Crippen MR) is 65.7 cm³/mol. The molecule has 1 aromatic heterocycles. The highest BCUT2D eigenvalue weighted by atomic mass is 32.1. The van der Waals surface area contributed by atoms with Crippen molar-refractivity contribution in [2.24, 2.45) is 5.92 Å². The lowest BCUT2D eigenvalue weighted by Crippen LogP contribution is -2.07. The Bertz CT molecular complexity index is 286. The normalized spacial score (nSPS) is 13.1. The third-order valence-electron chi connectivity index (χ3n) is 2.09. The van der Waals surface area contributed by atoms with Crippen LogP contribution in [0.1, 0.15) is 31.6 Å². The molecule has 0 saturated heterocycles. The molecule has 86 valence electrons. The zero-order valence-corrected chi connectivity index (χ0v) is 10.7. The first-order valence-electron chi connectivity index (χ1n) is 5.32. The Morgan fingerprint density at radius 2 is 2.20 bits per heavy atom. The lowest BCUT2D eigenvalue weighted by Gasteiger charge is -2.06. The van der Waals surface area contributed by atoms with Gasteiger partial charge in [-0.15, -0.1) is 11.3 Å². The van der Waals surface area contributed by atoms with Gasteiger partial charge in [-0.2, -0.15) is 0 Å². The fraction of sp³-hybridized carbons (Fsp3) is 0.727. The van der Waals surface area contributed by atoms with E-state index in [1.807, 2.05) is 6.20 Å². The van der Waals surface area contributed by atoms with Crippen LogP contribution < -0.4 is 5.32 Å². The van der Waals surface area contributed by atoms with E-state index in [0.717, 1.165) is 18.3 Å². The summed E-state index contributed by atoms with van der Waals surface area (Å²) in [5.74, 6) is 1.08. The fourth-order valence-corrected chi connectivity index (χ4v) is 2.08. The molecule has 0 aliphatic rings. The quantitative estimate of drug-likeness (QED) is 0.813.